The van der Waals surface area contributed by atoms with Gasteiger partial charge in [-0.3, -0.25) is 4.79 Å². The van der Waals surface area contributed by atoms with Gasteiger partial charge in [-0.15, -0.1) is 12.6 Å². The Hall–Kier alpha value is -3.36. The van der Waals surface area contributed by atoms with E-state index in [1.807, 2.05) is 31.2 Å². The molecule has 1 N–H and O–H groups in total. The third-order valence-electron chi connectivity index (χ3n) is 4.81. The summed E-state index contributed by atoms with van der Waals surface area (Å²) in [5.41, 5.74) is 2.56. The van der Waals surface area contributed by atoms with E-state index in [0.717, 1.165) is 22.4 Å². The van der Waals surface area contributed by atoms with E-state index in [0.29, 0.717) is 36.8 Å². The summed E-state index contributed by atoms with van der Waals surface area (Å²) in [6.45, 7) is 0.735. The van der Waals surface area contributed by atoms with Crippen molar-refractivity contribution >= 4 is 30.3 Å². The van der Waals surface area contributed by atoms with Crippen LogP contribution in [-0.4, -0.2) is 32.3 Å². The van der Waals surface area contributed by atoms with Gasteiger partial charge in [0.1, 0.15) is 18.1 Å². The lowest BCUT2D eigenvalue weighted by molar-refractivity contribution is -0.111. The summed E-state index contributed by atoms with van der Waals surface area (Å²) in [4.78, 5) is 13.1. The third kappa shape index (κ3) is 8.73. The molecule has 0 fully saturated rings. The summed E-state index contributed by atoms with van der Waals surface area (Å²) in [6.07, 6.45) is 3.67. The number of nitrogens with one attached hydrogen (secondary N) is 1. The number of hydrogen-bond acceptors (Lipinski definition) is 5. The van der Waals surface area contributed by atoms with Gasteiger partial charge in [0.25, 0.3) is 0 Å². The number of hydrogen-bond donors (Lipinski definition) is 2. The van der Waals surface area contributed by atoms with Gasteiger partial charge >= 0.3 is 6.61 Å². The fourth-order valence-corrected chi connectivity index (χ4v) is 3.31. The highest BCUT2D eigenvalue weighted by Gasteiger charge is 2.11. The zero-order valence-corrected chi connectivity index (χ0v) is 20.1. The topological polar surface area (TPSA) is 56.8 Å². The van der Waals surface area contributed by atoms with Gasteiger partial charge in [-0.2, -0.15) is 8.78 Å². The van der Waals surface area contributed by atoms with Crippen molar-refractivity contribution in [1.29, 1.82) is 0 Å². The molecule has 0 bridgehead atoms. The lowest BCUT2D eigenvalue weighted by Gasteiger charge is -2.11. The van der Waals surface area contributed by atoms with Gasteiger partial charge < -0.3 is 19.5 Å². The van der Waals surface area contributed by atoms with Crippen molar-refractivity contribution in [2.24, 2.45) is 0 Å². The molecule has 0 aromatic heterocycles. The number of thiol groups is 1. The van der Waals surface area contributed by atoms with Gasteiger partial charge in [0.2, 0.25) is 5.91 Å². The Morgan fingerprint density at radius 3 is 2.37 bits per heavy atom. The van der Waals surface area contributed by atoms with Crippen LogP contribution in [0, 0.1) is 0 Å². The molecular formula is C27H27F2NO4S. The number of carbonyl (C=O) groups is 1. The Morgan fingerprint density at radius 2 is 1.69 bits per heavy atom. The highest BCUT2D eigenvalue weighted by molar-refractivity contribution is 7.80. The number of alkyl halides is 2. The summed E-state index contributed by atoms with van der Waals surface area (Å²) < 4.78 is 41.5. The molecule has 0 spiro atoms. The van der Waals surface area contributed by atoms with Crippen molar-refractivity contribution in [2.75, 3.05) is 25.1 Å². The molecule has 184 valence electrons. The van der Waals surface area contributed by atoms with E-state index < -0.39 is 12.5 Å². The summed E-state index contributed by atoms with van der Waals surface area (Å²) >= 11 is 4.21. The number of carbonyl (C=O) groups excluding carboxylic acids is 1. The average Bonchev–Trinajstić information content (AvgIpc) is 2.85. The molecule has 0 saturated heterocycles. The molecule has 1 amide bonds. The van der Waals surface area contributed by atoms with Crippen LogP contribution >= 0.6 is 12.6 Å². The first-order valence-electron chi connectivity index (χ1n) is 11.1. The SMILES string of the molecule is CCCOCCOc1ccc(-c2ccc(OC(F)F)c(/C=C/C(=O)Nc3ccc(S)cc3)c2)cc1. The number of rotatable bonds is 12. The van der Waals surface area contributed by atoms with Crippen LogP contribution in [0.1, 0.15) is 18.9 Å². The first-order valence-corrected chi connectivity index (χ1v) is 11.6. The molecule has 0 aliphatic heterocycles. The average molecular weight is 500 g/mol. The molecule has 3 rings (SSSR count). The van der Waals surface area contributed by atoms with Crippen LogP contribution in [-0.2, 0) is 9.53 Å². The van der Waals surface area contributed by atoms with E-state index in [-0.39, 0.29) is 5.75 Å². The normalized spacial score (nSPS) is 11.1. The highest BCUT2D eigenvalue weighted by Crippen LogP contribution is 2.30. The lowest BCUT2D eigenvalue weighted by atomic mass is 10.0. The molecule has 0 unspecified atom stereocenters. The molecule has 3 aromatic carbocycles. The van der Waals surface area contributed by atoms with E-state index in [4.69, 9.17) is 9.47 Å². The van der Waals surface area contributed by atoms with E-state index >= 15 is 0 Å². The zero-order valence-electron chi connectivity index (χ0n) is 19.2. The summed E-state index contributed by atoms with van der Waals surface area (Å²) in [5, 5.41) is 2.71. The highest BCUT2D eigenvalue weighted by atomic mass is 32.1. The molecule has 8 heteroatoms. The van der Waals surface area contributed by atoms with E-state index in [2.05, 4.69) is 22.7 Å². The molecule has 0 aliphatic carbocycles. The quantitative estimate of drug-likeness (QED) is 0.165. The smallest absolute Gasteiger partial charge is 0.387 e. The Morgan fingerprint density at radius 1 is 0.971 bits per heavy atom. The van der Waals surface area contributed by atoms with Crippen LogP contribution in [0.4, 0.5) is 14.5 Å². The number of amides is 1. The fraction of sp³-hybridized carbons (Fsp3) is 0.222. The second-order valence-electron chi connectivity index (χ2n) is 7.49. The summed E-state index contributed by atoms with van der Waals surface area (Å²) in [5.74, 6) is 0.267. The Labute approximate surface area is 209 Å². The van der Waals surface area contributed by atoms with Crippen LogP contribution in [0.3, 0.4) is 0 Å². The summed E-state index contributed by atoms with van der Waals surface area (Å²) in [6, 6.07) is 19.2. The van der Waals surface area contributed by atoms with Crippen LogP contribution in [0.2, 0.25) is 0 Å². The van der Waals surface area contributed by atoms with E-state index in [9.17, 15) is 13.6 Å². The number of anilines is 1. The minimum absolute atomic E-state index is 0.0285. The van der Waals surface area contributed by atoms with Gasteiger partial charge in [-0.25, -0.2) is 0 Å². The van der Waals surface area contributed by atoms with E-state index in [1.165, 1.54) is 18.2 Å². The van der Waals surface area contributed by atoms with Crippen molar-refractivity contribution in [1.82, 2.24) is 0 Å². The first-order chi connectivity index (χ1) is 16.9. The van der Waals surface area contributed by atoms with Crippen LogP contribution < -0.4 is 14.8 Å². The molecule has 0 heterocycles. The standard InChI is InChI=1S/C27H27F2NO4S/c1-2-15-32-16-17-33-23-9-3-19(4-10-23)20-5-13-25(34-27(28)29)21(18-20)6-14-26(31)30-22-7-11-24(35)12-8-22/h3-14,18,27,35H,2,15-17H2,1H3,(H,30,31)/b14-6+. The number of ether oxygens (including phenoxy) is 3. The minimum Gasteiger partial charge on any atom is -0.491 e. The molecule has 3 aromatic rings. The Kier molecular flexibility index (Phi) is 10.1. The molecular weight excluding hydrogens is 472 g/mol. The predicted molar refractivity (Wildman–Crippen MR) is 136 cm³/mol. The Balaban J connectivity index is 1.72. The fourth-order valence-electron chi connectivity index (χ4n) is 3.16. The lowest BCUT2D eigenvalue weighted by Crippen LogP contribution is -2.08. The molecule has 0 saturated carbocycles. The first kappa shape index (κ1) is 26.2. The minimum atomic E-state index is -2.99. The predicted octanol–water partition coefficient (Wildman–Crippen LogP) is 6.70. The van der Waals surface area contributed by atoms with Gasteiger partial charge in [0.15, 0.2) is 0 Å². The molecule has 35 heavy (non-hydrogen) atoms. The van der Waals surface area contributed by atoms with Crippen molar-refractivity contribution in [3.63, 3.8) is 0 Å². The van der Waals surface area contributed by atoms with Crippen LogP contribution in [0.5, 0.6) is 11.5 Å². The van der Waals surface area contributed by atoms with Gasteiger partial charge in [-0.05, 0) is 72.2 Å². The van der Waals surface area contributed by atoms with Crippen molar-refractivity contribution in [2.45, 2.75) is 24.9 Å². The maximum atomic E-state index is 12.9. The summed E-state index contributed by atoms with van der Waals surface area (Å²) in [7, 11) is 0. The van der Waals surface area contributed by atoms with Crippen molar-refractivity contribution in [3.8, 4) is 22.6 Å². The van der Waals surface area contributed by atoms with Crippen molar-refractivity contribution < 1.29 is 27.8 Å². The monoisotopic (exact) mass is 499 g/mol. The third-order valence-corrected chi connectivity index (χ3v) is 5.11. The zero-order chi connectivity index (χ0) is 25.0. The second-order valence-corrected chi connectivity index (χ2v) is 8.00. The second kappa shape index (κ2) is 13.5. The maximum absolute atomic E-state index is 12.9. The van der Waals surface area contributed by atoms with Crippen LogP contribution in [0.15, 0.2) is 77.7 Å². The molecule has 0 atom stereocenters. The molecule has 0 radical (unpaired) electrons. The van der Waals surface area contributed by atoms with E-state index in [1.54, 1.807) is 36.4 Å². The van der Waals surface area contributed by atoms with Gasteiger partial charge in [0, 0.05) is 28.8 Å². The van der Waals surface area contributed by atoms with Crippen molar-refractivity contribution in [3.05, 3.63) is 78.4 Å². The largest absolute Gasteiger partial charge is 0.491 e. The molecule has 0 aliphatic rings. The molecule has 5 nitrogen and oxygen atoms in total. The number of benzene rings is 3. The maximum Gasteiger partial charge on any atom is 0.387 e. The van der Waals surface area contributed by atoms with Gasteiger partial charge in [-0.1, -0.05) is 25.1 Å². The van der Waals surface area contributed by atoms with Crippen LogP contribution in [0.25, 0.3) is 17.2 Å². The van der Waals surface area contributed by atoms with Gasteiger partial charge in [0.05, 0.1) is 6.61 Å². The number of halogens is 2. The Bertz CT molecular complexity index is 1120.